The van der Waals surface area contributed by atoms with Crippen LogP contribution in [0.25, 0.3) is 0 Å². The van der Waals surface area contributed by atoms with Crippen molar-refractivity contribution in [2.45, 2.75) is 4.90 Å². The van der Waals surface area contributed by atoms with Crippen LogP contribution in [-0.4, -0.2) is 30.8 Å². The zero-order valence-electron chi connectivity index (χ0n) is 7.26. The van der Waals surface area contributed by atoms with E-state index in [1.165, 1.54) is 18.2 Å². The zero-order valence-corrected chi connectivity index (χ0v) is 8.08. The first-order valence-corrected chi connectivity index (χ1v) is 5.25. The van der Waals surface area contributed by atoms with Crippen molar-refractivity contribution in [2.75, 3.05) is 7.05 Å². The van der Waals surface area contributed by atoms with E-state index in [1.807, 2.05) is 0 Å². The summed E-state index contributed by atoms with van der Waals surface area (Å²) in [6.45, 7) is 0. The average Bonchev–Trinajstić information content (AvgIpc) is 2.30. The quantitative estimate of drug-likeness (QED) is 0.666. The fraction of sp³-hybridized carbons (Fsp3) is 0.125. The number of phenols is 1. The SMILES string of the molecule is CN1C(=O)c2c(O)cccc2S1(=O)=O. The average molecular weight is 213 g/mol. The molecule has 0 saturated heterocycles. The summed E-state index contributed by atoms with van der Waals surface area (Å²) >= 11 is 0. The number of carbonyl (C=O) groups excluding carboxylic acids is 1. The Morgan fingerprint density at radius 2 is 2.00 bits per heavy atom. The Balaban J connectivity index is 2.88. The summed E-state index contributed by atoms with van der Waals surface area (Å²) in [5.74, 6) is -1.00. The van der Waals surface area contributed by atoms with Gasteiger partial charge in [0.25, 0.3) is 15.9 Å². The van der Waals surface area contributed by atoms with Gasteiger partial charge in [0.1, 0.15) is 16.2 Å². The second-order valence-electron chi connectivity index (χ2n) is 2.93. The van der Waals surface area contributed by atoms with Crippen LogP contribution in [0.4, 0.5) is 0 Å². The van der Waals surface area contributed by atoms with Gasteiger partial charge in [-0.2, -0.15) is 0 Å². The number of benzene rings is 1. The molecular weight excluding hydrogens is 206 g/mol. The van der Waals surface area contributed by atoms with Crippen molar-refractivity contribution >= 4 is 15.9 Å². The molecule has 0 bridgehead atoms. The highest BCUT2D eigenvalue weighted by Gasteiger charge is 2.40. The van der Waals surface area contributed by atoms with Crippen LogP contribution in [0.5, 0.6) is 5.75 Å². The molecule has 0 unspecified atom stereocenters. The Bertz CT molecular complexity index is 520. The summed E-state index contributed by atoms with van der Waals surface area (Å²) in [6.07, 6.45) is 0. The second kappa shape index (κ2) is 2.48. The van der Waals surface area contributed by atoms with Crippen molar-refractivity contribution < 1.29 is 18.3 Å². The van der Waals surface area contributed by atoms with E-state index in [1.54, 1.807) is 0 Å². The summed E-state index contributed by atoms with van der Waals surface area (Å²) in [5, 5.41) is 9.34. The van der Waals surface area contributed by atoms with Crippen LogP contribution in [0.15, 0.2) is 23.1 Å². The van der Waals surface area contributed by atoms with Crippen molar-refractivity contribution in [1.29, 1.82) is 0 Å². The maximum Gasteiger partial charge on any atom is 0.272 e. The number of phenolic OH excluding ortho intramolecular Hbond substituents is 1. The lowest BCUT2D eigenvalue weighted by atomic mass is 10.2. The van der Waals surface area contributed by atoms with Gasteiger partial charge in [0.15, 0.2) is 0 Å². The van der Waals surface area contributed by atoms with Crippen LogP contribution in [-0.2, 0) is 10.0 Å². The number of hydrogen-bond donors (Lipinski definition) is 1. The molecule has 0 atom stereocenters. The van der Waals surface area contributed by atoms with Gasteiger partial charge in [-0.05, 0) is 12.1 Å². The van der Waals surface area contributed by atoms with Crippen LogP contribution >= 0.6 is 0 Å². The number of fused-ring (bicyclic) bond motifs is 1. The van der Waals surface area contributed by atoms with Gasteiger partial charge in [-0.1, -0.05) is 6.07 Å². The molecule has 14 heavy (non-hydrogen) atoms. The molecule has 1 aliphatic heterocycles. The molecule has 0 aliphatic carbocycles. The highest BCUT2D eigenvalue weighted by atomic mass is 32.2. The van der Waals surface area contributed by atoms with Crippen LogP contribution in [0.3, 0.4) is 0 Å². The second-order valence-corrected chi connectivity index (χ2v) is 4.87. The normalized spacial score (nSPS) is 18.4. The van der Waals surface area contributed by atoms with E-state index in [-0.39, 0.29) is 16.2 Å². The minimum atomic E-state index is -3.73. The van der Waals surface area contributed by atoms with E-state index in [0.717, 1.165) is 7.05 Å². The van der Waals surface area contributed by atoms with Crippen molar-refractivity contribution in [3.05, 3.63) is 23.8 Å². The summed E-state index contributed by atoms with van der Waals surface area (Å²) in [6, 6.07) is 3.97. The Labute approximate surface area is 80.6 Å². The number of aromatic hydroxyl groups is 1. The fourth-order valence-corrected chi connectivity index (χ4v) is 2.67. The Kier molecular flexibility index (Phi) is 1.59. The van der Waals surface area contributed by atoms with Gasteiger partial charge < -0.3 is 5.11 Å². The van der Waals surface area contributed by atoms with E-state index in [4.69, 9.17) is 0 Å². The van der Waals surface area contributed by atoms with Crippen molar-refractivity contribution in [1.82, 2.24) is 4.31 Å². The number of sulfonamides is 1. The number of carbonyl (C=O) groups is 1. The van der Waals surface area contributed by atoms with Gasteiger partial charge in [-0.15, -0.1) is 0 Å². The lowest BCUT2D eigenvalue weighted by molar-refractivity contribution is 0.0889. The predicted octanol–water partition coefficient (Wildman–Crippen LogP) is 0.166. The van der Waals surface area contributed by atoms with Crippen molar-refractivity contribution in [3.8, 4) is 5.75 Å². The molecule has 1 aromatic rings. The molecule has 5 nitrogen and oxygen atoms in total. The lowest BCUT2D eigenvalue weighted by Crippen LogP contribution is -2.24. The van der Waals surface area contributed by atoms with Gasteiger partial charge >= 0.3 is 0 Å². The molecule has 1 N–H and O–H groups in total. The van der Waals surface area contributed by atoms with E-state index in [9.17, 15) is 18.3 Å². The maximum atomic E-state index is 11.5. The molecule has 0 saturated carbocycles. The molecule has 1 amide bonds. The lowest BCUT2D eigenvalue weighted by Gasteiger charge is -2.05. The Morgan fingerprint density at radius 1 is 1.36 bits per heavy atom. The molecule has 2 rings (SSSR count). The first-order chi connectivity index (χ1) is 6.46. The van der Waals surface area contributed by atoms with Crippen molar-refractivity contribution in [3.63, 3.8) is 0 Å². The molecule has 6 heteroatoms. The highest BCUT2D eigenvalue weighted by Crippen LogP contribution is 2.34. The third-order valence-corrected chi connectivity index (χ3v) is 3.93. The van der Waals surface area contributed by atoms with Gasteiger partial charge in [-0.3, -0.25) is 4.79 Å². The summed E-state index contributed by atoms with van der Waals surface area (Å²) in [7, 11) is -2.57. The predicted molar refractivity (Wildman–Crippen MR) is 47.4 cm³/mol. The third-order valence-electron chi connectivity index (χ3n) is 2.14. The fourth-order valence-electron chi connectivity index (χ4n) is 1.36. The minimum absolute atomic E-state index is 0.134. The zero-order chi connectivity index (χ0) is 10.5. The number of hydrogen-bond acceptors (Lipinski definition) is 4. The van der Waals surface area contributed by atoms with E-state index >= 15 is 0 Å². The third kappa shape index (κ3) is 0.884. The molecule has 74 valence electrons. The van der Waals surface area contributed by atoms with Crippen molar-refractivity contribution in [2.24, 2.45) is 0 Å². The smallest absolute Gasteiger partial charge is 0.272 e. The van der Waals surface area contributed by atoms with Gasteiger partial charge in [0.05, 0.1) is 0 Å². The molecule has 0 aromatic heterocycles. The largest absolute Gasteiger partial charge is 0.507 e. The summed E-state index contributed by atoms with van der Waals surface area (Å²) < 4.78 is 23.7. The summed E-state index contributed by atoms with van der Waals surface area (Å²) in [4.78, 5) is 11.3. The molecule has 0 spiro atoms. The molecule has 0 radical (unpaired) electrons. The standard InChI is InChI=1S/C8H7NO4S/c1-9-8(11)7-5(10)3-2-4-6(7)14(9,12)13/h2-4,10H,1H3. The monoisotopic (exact) mass is 213 g/mol. The maximum absolute atomic E-state index is 11.5. The summed E-state index contributed by atoms with van der Waals surface area (Å²) in [5.41, 5.74) is -0.144. The minimum Gasteiger partial charge on any atom is -0.507 e. The number of amides is 1. The van der Waals surface area contributed by atoms with E-state index in [0.29, 0.717) is 4.31 Å². The molecule has 0 fully saturated rings. The number of nitrogens with zero attached hydrogens (tertiary/aromatic N) is 1. The van der Waals surface area contributed by atoms with Crippen LogP contribution in [0, 0.1) is 0 Å². The van der Waals surface area contributed by atoms with Gasteiger partial charge in [-0.25, -0.2) is 12.7 Å². The van der Waals surface area contributed by atoms with E-state index in [2.05, 4.69) is 0 Å². The van der Waals surface area contributed by atoms with E-state index < -0.39 is 15.9 Å². The highest BCUT2D eigenvalue weighted by molar-refractivity contribution is 7.90. The molecular formula is C8H7NO4S. The Morgan fingerprint density at radius 3 is 2.57 bits per heavy atom. The number of rotatable bonds is 0. The first kappa shape index (κ1) is 9.01. The molecule has 1 aliphatic rings. The molecule has 1 aromatic carbocycles. The Hall–Kier alpha value is -1.56. The molecule has 1 heterocycles. The van der Waals surface area contributed by atoms with Crippen LogP contribution < -0.4 is 0 Å². The van der Waals surface area contributed by atoms with Gasteiger partial charge in [0.2, 0.25) is 0 Å². The van der Waals surface area contributed by atoms with Crippen LogP contribution in [0.2, 0.25) is 0 Å². The topological polar surface area (TPSA) is 74.7 Å². The first-order valence-electron chi connectivity index (χ1n) is 3.81. The van der Waals surface area contributed by atoms with Gasteiger partial charge in [0, 0.05) is 7.05 Å². The van der Waals surface area contributed by atoms with Crippen LogP contribution in [0.1, 0.15) is 10.4 Å².